The second-order valence-corrected chi connectivity index (χ2v) is 4.18. The fourth-order valence-corrected chi connectivity index (χ4v) is 1.72. The number of halogens is 3. The average molecular weight is 269 g/mol. The number of hydrogen-bond acceptors (Lipinski definition) is 2. The number of benzene rings is 1. The van der Waals surface area contributed by atoms with Crippen molar-refractivity contribution in [2.24, 2.45) is 0 Å². The van der Waals surface area contributed by atoms with Gasteiger partial charge in [0.2, 0.25) is 0 Å². The van der Waals surface area contributed by atoms with Crippen LogP contribution in [0.3, 0.4) is 0 Å². The average Bonchev–Trinajstić information content (AvgIpc) is 2.87. The van der Waals surface area contributed by atoms with E-state index < -0.39 is 11.7 Å². The standard InChI is InChI=1S/C13H14F3N3/c14-13(15,16)12-3-1-2-11(8-12)9-17-4-6-19-7-5-18-10-19/h1-3,5,7-8,10,17H,4,6,9H2. The summed E-state index contributed by atoms with van der Waals surface area (Å²) < 4.78 is 39.4. The minimum absolute atomic E-state index is 0.415. The van der Waals surface area contributed by atoms with Gasteiger partial charge < -0.3 is 9.88 Å². The lowest BCUT2D eigenvalue weighted by Crippen LogP contribution is -2.19. The molecule has 0 fully saturated rings. The van der Waals surface area contributed by atoms with E-state index in [0.717, 1.165) is 12.6 Å². The highest BCUT2D eigenvalue weighted by Gasteiger charge is 2.30. The third-order valence-corrected chi connectivity index (χ3v) is 2.69. The monoisotopic (exact) mass is 269 g/mol. The lowest BCUT2D eigenvalue weighted by molar-refractivity contribution is -0.137. The normalized spacial score (nSPS) is 11.7. The zero-order valence-corrected chi connectivity index (χ0v) is 10.2. The Morgan fingerprint density at radius 2 is 2.11 bits per heavy atom. The van der Waals surface area contributed by atoms with E-state index >= 15 is 0 Å². The molecule has 1 N–H and O–H groups in total. The molecular weight excluding hydrogens is 255 g/mol. The van der Waals surface area contributed by atoms with E-state index in [0.29, 0.717) is 18.7 Å². The summed E-state index contributed by atoms with van der Waals surface area (Å²) >= 11 is 0. The lowest BCUT2D eigenvalue weighted by atomic mass is 10.1. The van der Waals surface area contributed by atoms with Crippen molar-refractivity contribution in [3.05, 3.63) is 54.1 Å². The summed E-state index contributed by atoms with van der Waals surface area (Å²) in [6.45, 7) is 1.82. The highest BCUT2D eigenvalue weighted by molar-refractivity contribution is 5.25. The number of aromatic nitrogens is 2. The molecule has 1 aromatic heterocycles. The van der Waals surface area contributed by atoms with Crippen molar-refractivity contribution in [1.82, 2.24) is 14.9 Å². The van der Waals surface area contributed by atoms with Gasteiger partial charge in [0.05, 0.1) is 11.9 Å². The van der Waals surface area contributed by atoms with Gasteiger partial charge in [-0.15, -0.1) is 0 Å². The molecule has 0 atom stereocenters. The second kappa shape index (κ2) is 5.88. The maximum atomic E-state index is 12.5. The first kappa shape index (κ1) is 13.6. The zero-order valence-electron chi connectivity index (χ0n) is 10.2. The zero-order chi connectivity index (χ0) is 13.7. The second-order valence-electron chi connectivity index (χ2n) is 4.18. The van der Waals surface area contributed by atoms with E-state index in [1.54, 1.807) is 18.6 Å². The van der Waals surface area contributed by atoms with Gasteiger partial charge in [0.25, 0.3) is 0 Å². The molecule has 2 aromatic rings. The van der Waals surface area contributed by atoms with Gasteiger partial charge in [0, 0.05) is 32.0 Å². The van der Waals surface area contributed by atoms with Crippen molar-refractivity contribution in [3.63, 3.8) is 0 Å². The minimum atomic E-state index is -4.28. The Bertz CT molecular complexity index is 506. The van der Waals surface area contributed by atoms with Gasteiger partial charge in [0.15, 0.2) is 0 Å². The molecule has 0 unspecified atom stereocenters. The highest BCUT2D eigenvalue weighted by atomic mass is 19.4. The van der Waals surface area contributed by atoms with Gasteiger partial charge in [-0.3, -0.25) is 0 Å². The SMILES string of the molecule is FC(F)(F)c1cccc(CNCCn2ccnc2)c1. The van der Waals surface area contributed by atoms with Crippen LogP contribution in [-0.4, -0.2) is 16.1 Å². The number of rotatable bonds is 5. The van der Waals surface area contributed by atoms with Crippen LogP contribution >= 0.6 is 0 Å². The first-order chi connectivity index (χ1) is 9.05. The topological polar surface area (TPSA) is 29.9 Å². The molecular formula is C13H14F3N3. The third kappa shape index (κ3) is 4.10. The van der Waals surface area contributed by atoms with Crippen molar-refractivity contribution in [2.45, 2.75) is 19.3 Å². The summed E-state index contributed by atoms with van der Waals surface area (Å²) in [6, 6.07) is 5.36. The van der Waals surface area contributed by atoms with Gasteiger partial charge in [-0.2, -0.15) is 13.2 Å². The summed E-state index contributed by atoms with van der Waals surface area (Å²) in [5.74, 6) is 0. The van der Waals surface area contributed by atoms with E-state index in [-0.39, 0.29) is 0 Å². The van der Waals surface area contributed by atoms with Crippen molar-refractivity contribution in [1.29, 1.82) is 0 Å². The molecule has 0 aliphatic heterocycles. The molecule has 0 aliphatic carbocycles. The van der Waals surface area contributed by atoms with Crippen LogP contribution in [0.15, 0.2) is 43.0 Å². The third-order valence-electron chi connectivity index (χ3n) is 2.69. The minimum Gasteiger partial charge on any atom is -0.336 e. The smallest absolute Gasteiger partial charge is 0.336 e. The number of alkyl halides is 3. The summed E-state index contributed by atoms with van der Waals surface area (Å²) in [5.41, 5.74) is 0.0156. The Hall–Kier alpha value is -1.82. The first-order valence-electron chi connectivity index (χ1n) is 5.88. The van der Waals surface area contributed by atoms with E-state index in [1.165, 1.54) is 12.1 Å². The van der Waals surface area contributed by atoms with Gasteiger partial charge in [-0.25, -0.2) is 4.98 Å². The molecule has 19 heavy (non-hydrogen) atoms. The van der Waals surface area contributed by atoms with E-state index in [2.05, 4.69) is 10.3 Å². The Morgan fingerprint density at radius 3 is 2.79 bits per heavy atom. The predicted octanol–water partition coefficient (Wildman–Crippen LogP) is 2.69. The summed E-state index contributed by atoms with van der Waals surface area (Å²) in [6.07, 6.45) is 0.942. The van der Waals surface area contributed by atoms with Crippen molar-refractivity contribution >= 4 is 0 Å². The number of hydrogen-bond donors (Lipinski definition) is 1. The highest BCUT2D eigenvalue weighted by Crippen LogP contribution is 2.29. The van der Waals surface area contributed by atoms with Gasteiger partial charge in [-0.05, 0) is 11.6 Å². The summed E-state index contributed by atoms with van der Waals surface area (Å²) in [4.78, 5) is 3.91. The van der Waals surface area contributed by atoms with Crippen molar-refractivity contribution in [2.75, 3.05) is 6.54 Å². The fraction of sp³-hybridized carbons (Fsp3) is 0.308. The number of nitrogens with one attached hydrogen (secondary N) is 1. The Labute approximate surface area is 109 Å². The molecule has 3 nitrogen and oxygen atoms in total. The maximum absolute atomic E-state index is 12.5. The van der Waals surface area contributed by atoms with Gasteiger partial charge >= 0.3 is 6.18 Å². The van der Waals surface area contributed by atoms with Crippen molar-refractivity contribution < 1.29 is 13.2 Å². The van der Waals surface area contributed by atoms with Crippen LogP contribution in [0.4, 0.5) is 13.2 Å². The largest absolute Gasteiger partial charge is 0.416 e. The Morgan fingerprint density at radius 1 is 1.26 bits per heavy atom. The molecule has 0 bridgehead atoms. The van der Waals surface area contributed by atoms with Crippen LogP contribution in [0.2, 0.25) is 0 Å². The van der Waals surface area contributed by atoms with Crippen LogP contribution in [0.5, 0.6) is 0 Å². The van der Waals surface area contributed by atoms with Crippen LogP contribution in [0, 0.1) is 0 Å². The molecule has 1 aromatic carbocycles. The molecule has 0 saturated heterocycles. The van der Waals surface area contributed by atoms with Crippen LogP contribution in [0.25, 0.3) is 0 Å². The first-order valence-corrected chi connectivity index (χ1v) is 5.88. The van der Waals surface area contributed by atoms with Crippen LogP contribution in [0.1, 0.15) is 11.1 Å². The molecule has 102 valence electrons. The van der Waals surface area contributed by atoms with Crippen LogP contribution < -0.4 is 5.32 Å². The van der Waals surface area contributed by atoms with Crippen molar-refractivity contribution in [3.8, 4) is 0 Å². The number of nitrogens with zero attached hydrogens (tertiary/aromatic N) is 2. The summed E-state index contributed by atoms with van der Waals surface area (Å²) in [7, 11) is 0. The van der Waals surface area contributed by atoms with Crippen LogP contribution in [-0.2, 0) is 19.3 Å². The molecule has 2 rings (SSSR count). The molecule has 6 heteroatoms. The quantitative estimate of drug-likeness (QED) is 0.846. The number of imidazole rings is 1. The van der Waals surface area contributed by atoms with Gasteiger partial charge in [0.1, 0.15) is 0 Å². The maximum Gasteiger partial charge on any atom is 0.416 e. The Balaban J connectivity index is 1.83. The van der Waals surface area contributed by atoms with E-state index in [9.17, 15) is 13.2 Å². The lowest BCUT2D eigenvalue weighted by Gasteiger charge is -2.09. The molecule has 0 saturated carbocycles. The van der Waals surface area contributed by atoms with E-state index in [1.807, 2.05) is 10.8 Å². The molecule has 0 amide bonds. The summed E-state index contributed by atoms with van der Waals surface area (Å²) in [5, 5.41) is 3.10. The fourth-order valence-electron chi connectivity index (χ4n) is 1.72. The Kier molecular flexibility index (Phi) is 4.21. The van der Waals surface area contributed by atoms with Gasteiger partial charge in [-0.1, -0.05) is 18.2 Å². The van der Waals surface area contributed by atoms with E-state index in [4.69, 9.17) is 0 Å². The molecule has 1 heterocycles. The predicted molar refractivity (Wildman–Crippen MR) is 65.4 cm³/mol. The molecule has 0 aliphatic rings. The molecule has 0 spiro atoms. The molecule has 0 radical (unpaired) electrons.